The van der Waals surface area contributed by atoms with Gasteiger partial charge in [0.25, 0.3) is 0 Å². The van der Waals surface area contributed by atoms with Crippen molar-refractivity contribution < 1.29 is 19.1 Å². The molecule has 23 heavy (non-hydrogen) atoms. The highest BCUT2D eigenvalue weighted by molar-refractivity contribution is 5.68. The Hall–Kier alpha value is -2.27. The molecule has 0 aliphatic rings. The molecule has 2 atom stereocenters. The zero-order valence-corrected chi connectivity index (χ0v) is 13.7. The van der Waals surface area contributed by atoms with E-state index in [0.29, 0.717) is 12.2 Å². The second-order valence-electron chi connectivity index (χ2n) is 6.40. The Morgan fingerprint density at radius 3 is 2.48 bits per heavy atom. The molecule has 0 spiro atoms. The van der Waals surface area contributed by atoms with Crippen LogP contribution in [0.1, 0.15) is 38.2 Å². The number of ether oxygens (including phenoxy) is 1. The number of aliphatic hydroxyl groups excluding tert-OH is 1. The minimum Gasteiger partial charge on any atom is -0.467 e. The quantitative estimate of drug-likeness (QED) is 0.886. The third-order valence-corrected chi connectivity index (χ3v) is 3.22. The number of carbonyl (C=O) groups excluding carboxylic acids is 1. The Morgan fingerprint density at radius 1 is 1.22 bits per heavy atom. The minimum atomic E-state index is -0.960. The van der Waals surface area contributed by atoms with Gasteiger partial charge in [0.05, 0.1) is 12.3 Å². The molecule has 5 nitrogen and oxygen atoms in total. The molecule has 1 aromatic heterocycles. The van der Waals surface area contributed by atoms with Crippen molar-refractivity contribution in [3.63, 3.8) is 0 Å². The summed E-state index contributed by atoms with van der Waals surface area (Å²) in [6.45, 7) is 5.38. The molecule has 0 fully saturated rings. The third kappa shape index (κ3) is 5.45. The number of benzene rings is 1. The van der Waals surface area contributed by atoms with Crippen LogP contribution in [-0.4, -0.2) is 22.8 Å². The van der Waals surface area contributed by atoms with Crippen LogP contribution in [0, 0.1) is 0 Å². The standard InChI is InChI=1S/C18H23NO4/c1-18(2,3)23-17(21)19-14(12-13-8-5-4-6-9-13)16(20)15-10-7-11-22-15/h4-11,14,16,20H,12H2,1-3H3,(H,19,21)/t14?,16-/m0/s1. The number of carbonyl (C=O) groups is 1. The number of rotatable bonds is 5. The fourth-order valence-electron chi connectivity index (χ4n) is 2.23. The van der Waals surface area contributed by atoms with Gasteiger partial charge in [-0.05, 0) is 44.9 Å². The predicted molar refractivity (Wildman–Crippen MR) is 87.0 cm³/mol. The van der Waals surface area contributed by atoms with E-state index in [1.54, 1.807) is 32.9 Å². The van der Waals surface area contributed by atoms with Gasteiger partial charge in [0, 0.05) is 0 Å². The van der Waals surface area contributed by atoms with E-state index < -0.39 is 23.8 Å². The summed E-state index contributed by atoms with van der Waals surface area (Å²) < 4.78 is 10.5. The monoisotopic (exact) mass is 317 g/mol. The number of alkyl carbamates (subject to hydrolysis) is 1. The van der Waals surface area contributed by atoms with E-state index in [-0.39, 0.29) is 0 Å². The van der Waals surface area contributed by atoms with E-state index in [4.69, 9.17) is 9.15 Å². The van der Waals surface area contributed by atoms with Gasteiger partial charge in [-0.3, -0.25) is 0 Å². The van der Waals surface area contributed by atoms with E-state index in [9.17, 15) is 9.90 Å². The lowest BCUT2D eigenvalue weighted by Crippen LogP contribution is -2.43. The van der Waals surface area contributed by atoms with E-state index in [2.05, 4.69) is 5.32 Å². The molecule has 1 unspecified atom stereocenters. The number of hydrogen-bond acceptors (Lipinski definition) is 4. The van der Waals surface area contributed by atoms with Crippen molar-refractivity contribution >= 4 is 6.09 Å². The summed E-state index contributed by atoms with van der Waals surface area (Å²) in [5.74, 6) is 0.405. The normalized spacial score (nSPS) is 14.1. The molecule has 1 aromatic carbocycles. The van der Waals surface area contributed by atoms with E-state index >= 15 is 0 Å². The molecule has 0 aliphatic heterocycles. The summed E-state index contributed by atoms with van der Waals surface area (Å²) >= 11 is 0. The first-order chi connectivity index (χ1) is 10.8. The molecule has 5 heteroatoms. The maximum absolute atomic E-state index is 12.1. The predicted octanol–water partition coefficient (Wildman–Crippen LogP) is 3.45. The van der Waals surface area contributed by atoms with Crippen LogP contribution in [-0.2, 0) is 11.2 Å². The first-order valence-corrected chi connectivity index (χ1v) is 7.60. The van der Waals surface area contributed by atoms with Crippen LogP contribution in [0.5, 0.6) is 0 Å². The largest absolute Gasteiger partial charge is 0.467 e. The van der Waals surface area contributed by atoms with Crippen LogP contribution < -0.4 is 5.32 Å². The summed E-state index contributed by atoms with van der Waals surface area (Å²) in [7, 11) is 0. The average Bonchev–Trinajstić information content (AvgIpc) is 2.99. The number of aliphatic hydroxyl groups is 1. The molecule has 1 amide bonds. The lowest BCUT2D eigenvalue weighted by Gasteiger charge is -2.26. The van der Waals surface area contributed by atoms with Gasteiger partial charge in [0.2, 0.25) is 0 Å². The summed E-state index contributed by atoms with van der Waals surface area (Å²) in [5.41, 5.74) is 0.399. The lowest BCUT2D eigenvalue weighted by atomic mass is 10.00. The summed E-state index contributed by atoms with van der Waals surface area (Å²) in [6.07, 6.45) is 0.426. The van der Waals surface area contributed by atoms with Crippen LogP contribution in [0.3, 0.4) is 0 Å². The van der Waals surface area contributed by atoms with Gasteiger partial charge in [0.15, 0.2) is 0 Å². The Balaban J connectivity index is 2.12. The SMILES string of the molecule is CC(C)(C)OC(=O)NC(Cc1ccccc1)[C@H](O)c1ccco1. The van der Waals surface area contributed by atoms with Crippen LogP contribution in [0.15, 0.2) is 53.1 Å². The van der Waals surface area contributed by atoms with Gasteiger partial charge in [-0.25, -0.2) is 4.79 Å². The molecule has 0 saturated carbocycles. The molecular weight excluding hydrogens is 294 g/mol. The Kier molecular flexibility index (Phi) is 5.45. The second-order valence-corrected chi connectivity index (χ2v) is 6.40. The Labute approximate surface area is 136 Å². The summed E-state index contributed by atoms with van der Waals surface area (Å²) in [6, 6.07) is 12.5. The van der Waals surface area contributed by atoms with Gasteiger partial charge in [-0.1, -0.05) is 30.3 Å². The lowest BCUT2D eigenvalue weighted by molar-refractivity contribution is 0.0397. The maximum Gasteiger partial charge on any atom is 0.407 e. The third-order valence-electron chi connectivity index (χ3n) is 3.22. The molecule has 0 aliphatic carbocycles. The minimum absolute atomic E-state index is 0.405. The van der Waals surface area contributed by atoms with Crippen LogP contribution in [0.4, 0.5) is 4.79 Å². The number of nitrogens with one attached hydrogen (secondary N) is 1. The number of amides is 1. The first kappa shape index (κ1) is 17.1. The first-order valence-electron chi connectivity index (χ1n) is 7.60. The van der Waals surface area contributed by atoms with Gasteiger partial charge in [-0.15, -0.1) is 0 Å². The fraction of sp³-hybridized carbons (Fsp3) is 0.389. The van der Waals surface area contributed by atoms with E-state index in [1.807, 2.05) is 30.3 Å². The highest BCUT2D eigenvalue weighted by atomic mass is 16.6. The average molecular weight is 317 g/mol. The van der Waals surface area contributed by atoms with Crippen molar-refractivity contribution in [3.05, 3.63) is 60.1 Å². The van der Waals surface area contributed by atoms with Crippen LogP contribution in [0.2, 0.25) is 0 Å². The molecule has 2 aromatic rings. The second kappa shape index (κ2) is 7.33. The Bertz CT molecular complexity index is 602. The van der Waals surface area contributed by atoms with Crippen molar-refractivity contribution in [2.75, 3.05) is 0 Å². The highest BCUT2D eigenvalue weighted by Gasteiger charge is 2.27. The maximum atomic E-state index is 12.1. The van der Waals surface area contributed by atoms with Crippen molar-refractivity contribution in [2.24, 2.45) is 0 Å². The van der Waals surface area contributed by atoms with Crippen molar-refractivity contribution in [3.8, 4) is 0 Å². The van der Waals surface area contributed by atoms with Gasteiger partial charge < -0.3 is 19.6 Å². The van der Waals surface area contributed by atoms with Crippen molar-refractivity contribution in [1.29, 1.82) is 0 Å². The van der Waals surface area contributed by atoms with Crippen LogP contribution in [0.25, 0.3) is 0 Å². The zero-order chi connectivity index (χ0) is 16.9. The molecule has 2 N–H and O–H groups in total. The number of furan rings is 1. The molecule has 0 radical (unpaired) electrons. The van der Waals surface area contributed by atoms with Crippen LogP contribution >= 0.6 is 0 Å². The Morgan fingerprint density at radius 2 is 1.91 bits per heavy atom. The van der Waals surface area contributed by atoms with Gasteiger partial charge >= 0.3 is 6.09 Å². The summed E-state index contributed by atoms with van der Waals surface area (Å²) in [5, 5.41) is 13.3. The fourth-order valence-corrected chi connectivity index (χ4v) is 2.23. The topological polar surface area (TPSA) is 71.7 Å². The van der Waals surface area contributed by atoms with Gasteiger partial charge in [-0.2, -0.15) is 0 Å². The van der Waals surface area contributed by atoms with Gasteiger partial charge in [0.1, 0.15) is 17.5 Å². The molecule has 0 saturated heterocycles. The molecule has 0 bridgehead atoms. The van der Waals surface area contributed by atoms with E-state index in [0.717, 1.165) is 5.56 Å². The molecule has 1 heterocycles. The molecule has 2 rings (SSSR count). The highest BCUT2D eigenvalue weighted by Crippen LogP contribution is 2.21. The van der Waals surface area contributed by atoms with Crippen molar-refractivity contribution in [2.45, 2.75) is 44.9 Å². The van der Waals surface area contributed by atoms with Crippen molar-refractivity contribution in [1.82, 2.24) is 5.32 Å². The molecule has 124 valence electrons. The smallest absolute Gasteiger partial charge is 0.407 e. The van der Waals surface area contributed by atoms with E-state index in [1.165, 1.54) is 6.26 Å². The molecular formula is C18H23NO4. The summed E-state index contributed by atoms with van der Waals surface area (Å²) in [4.78, 5) is 12.1. The zero-order valence-electron chi connectivity index (χ0n) is 13.7. The number of hydrogen-bond donors (Lipinski definition) is 2.